The molecule has 2 unspecified atom stereocenters. The van der Waals surface area contributed by atoms with Crippen molar-refractivity contribution >= 4 is 35.8 Å². The molecule has 2 aliphatic heterocycles. The fraction of sp³-hybridized carbons (Fsp3) is 0.700. The van der Waals surface area contributed by atoms with Gasteiger partial charge in [-0.25, -0.2) is 4.98 Å². The van der Waals surface area contributed by atoms with Crippen LogP contribution in [0.3, 0.4) is 0 Å². The number of rotatable bonds is 3. The van der Waals surface area contributed by atoms with E-state index in [9.17, 15) is 0 Å². The third-order valence-electron chi connectivity index (χ3n) is 6.18. The summed E-state index contributed by atoms with van der Waals surface area (Å²) in [7, 11) is 1.90. The number of guanidine groups is 1. The Kier molecular flexibility index (Phi) is 7.00. The van der Waals surface area contributed by atoms with Crippen molar-refractivity contribution in [3.8, 4) is 0 Å². The number of hydrogen-bond acceptors (Lipinski definition) is 3. The summed E-state index contributed by atoms with van der Waals surface area (Å²) in [6.45, 7) is 5.45. The lowest BCUT2D eigenvalue weighted by Gasteiger charge is -2.22. The molecule has 2 atom stereocenters. The molecule has 144 valence electrons. The zero-order chi connectivity index (χ0) is 17.1. The Morgan fingerprint density at radius 3 is 2.38 bits per heavy atom. The van der Waals surface area contributed by atoms with Crippen LogP contribution < -0.4 is 10.2 Å². The zero-order valence-electron chi connectivity index (χ0n) is 15.9. The average Bonchev–Trinajstić information content (AvgIpc) is 3.32. The summed E-state index contributed by atoms with van der Waals surface area (Å²) in [5.41, 5.74) is 1.22. The van der Waals surface area contributed by atoms with E-state index in [0.717, 1.165) is 43.2 Å². The van der Waals surface area contributed by atoms with Gasteiger partial charge in [-0.05, 0) is 49.1 Å². The molecule has 2 saturated heterocycles. The van der Waals surface area contributed by atoms with E-state index in [0.29, 0.717) is 0 Å². The quantitative estimate of drug-likeness (QED) is 0.418. The molecule has 1 aromatic heterocycles. The average molecular weight is 469 g/mol. The lowest BCUT2D eigenvalue weighted by atomic mass is 9.82. The van der Waals surface area contributed by atoms with E-state index in [4.69, 9.17) is 0 Å². The highest BCUT2D eigenvalue weighted by molar-refractivity contribution is 14.0. The fourth-order valence-electron chi connectivity index (χ4n) is 4.75. The van der Waals surface area contributed by atoms with Gasteiger partial charge < -0.3 is 15.1 Å². The van der Waals surface area contributed by atoms with Crippen LogP contribution in [0.4, 0.5) is 5.82 Å². The number of anilines is 1. The summed E-state index contributed by atoms with van der Waals surface area (Å²) >= 11 is 0. The molecule has 5 nitrogen and oxygen atoms in total. The first kappa shape index (κ1) is 19.7. The predicted octanol–water partition coefficient (Wildman–Crippen LogP) is 3.50. The van der Waals surface area contributed by atoms with Gasteiger partial charge in [-0.15, -0.1) is 24.0 Å². The van der Waals surface area contributed by atoms with Gasteiger partial charge in [0, 0.05) is 46.0 Å². The summed E-state index contributed by atoms with van der Waals surface area (Å²) in [4.78, 5) is 14.0. The number of likely N-dealkylation sites (tertiary alicyclic amines) is 1. The van der Waals surface area contributed by atoms with Crippen molar-refractivity contribution in [2.24, 2.45) is 16.8 Å². The first-order chi connectivity index (χ1) is 12.3. The number of hydrogen-bond donors (Lipinski definition) is 1. The lowest BCUT2D eigenvalue weighted by molar-refractivity contribution is 0.299. The van der Waals surface area contributed by atoms with Gasteiger partial charge in [0.05, 0.1) is 0 Å². The zero-order valence-corrected chi connectivity index (χ0v) is 18.2. The lowest BCUT2D eigenvalue weighted by Crippen LogP contribution is -2.39. The summed E-state index contributed by atoms with van der Waals surface area (Å²) in [5, 5.41) is 3.55. The van der Waals surface area contributed by atoms with Crippen LogP contribution in [0.1, 0.15) is 44.1 Å². The smallest absolute Gasteiger partial charge is 0.193 e. The van der Waals surface area contributed by atoms with Crippen LogP contribution in [0, 0.1) is 11.8 Å². The predicted molar refractivity (Wildman–Crippen MR) is 118 cm³/mol. The Labute approximate surface area is 174 Å². The second-order valence-corrected chi connectivity index (χ2v) is 7.83. The molecule has 4 rings (SSSR count). The SMILES string of the molecule is CN=C(NCc1ccc(N2CCCC2)nc1)N1CC2CCCCC2C1.I. The maximum atomic E-state index is 4.65. The molecule has 3 fully saturated rings. The minimum atomic E-state index is 0. The van der Waals surface area contributed by atoms with Crippen LogP contribution in [0.25, 0.3) is 0 Å². The monoisotopic (exact) mass is 469 g/mol. The summed E-state index contributed by atoms with van der Waals surface area (Å²) in [5.74, 6) is 3.94. The Balaban J connectivity index is 0.00000196. The first-order valence-corrected chi connectivity index (χ1v) is 9.99. The highest BCUT2D eigenvalue weighted by atomic mass is 127. The minimum absolute atomic E-state index is 0. The molecule has 0 spiro atoms. The topological polar surface area (TPSA) is 43.8 Å². The molecule has 1 aliphatic carbocycles. The van der Waals surface area contributed by atoms with Gasteiger partial charge in [-0.2, -0.15) is 0 Å². The second-order valence-electron chi connectivity index (χ2n) is 7.83. The van der Waals surface area contributed by atoms with Crippen molar-refractivity contribution in [2.45, 2.75) is 45.1 Å². The molecule has 0 amide bonds. The molecule has 0 aromatic carbocycles. The van der Waals surface area contributed by atoms with Gasteiger partial charge in [0.15, 0.2) is 5.96 Å². The number of nitrogens with one attached hydrogen (secondary N) is 1. The van der Waals surface area contributed by atoms with E-state index in [1.54, 1.807) is 0 Å². The van der Waals surface area contributed by atoms with E-state index in [1.165, 1.54) is 57.2 Å². The second kappa shape index (κ2) is 9.24. The van der Waals surface area contributed by atoms with Crippen molar-refractivity contribution in [2.75, 3.05) is 38.1 Å². The van der Waals surface area contributed by atoms with Gasteiger partial charge in [0.25, 0.3) is 0 Å². The third kappa shape index (κ3) is 4.43. The minimum Gasteiger partial charge on any atom is -0.357 e. The molecule has 0 bridgehead atoms. The van der Waals surface area contributed by atoms with Crippen LogP contribution in [-0.2, 0) is 6.54 Å². The maximum Gasteiger partial charge on any atom is 0.193 e. The molecule has 1 aromatic rings. The number of aromatic nitrogens is 1. The number of nitrogens with zero attached hydrogens (tertiary/aromatic N) is 4. The highest BCUT2D eigenvalue weighted by Crippen LogP contribution is 2.35. The van der Waals surface area contributed by atoms with Crippen LogP contribution in [0.2, 0.25) is 0 Å². The van der Waals surface area contributed by atoms with Crippen molar-refractivity contribution in [1.29, 1.82) is 0 Å². The van der Waals surface area contributed by atoms with Crippen LogP contribution in [0.5, 0.6) is 0 Å². The number of aliphatic imine (C=N–C) groups is 1. The summed E-state index contributed by atoms with van der Waals surface area (Å²) < 4.78 is 0. The molecule has 3 aliphatic rings. The molecule has 26 heavy (non-hydrogen) atoms. The Hall–Kier alpha value is -1.05. The Morgan fingerprint density at radius 2 is 1.81 bits per heavy atom. The third-order valence-corrected chi connectivity index (χ3v) is 6.18. The van der Waals surface area contributed by atoms with Gasteiger partial charge in [-0.3, -0.25) is 4.99 Å². The molecule has 3 heterocycles. The first-order valence-electron chi connectivity index (χ1n) is 9.99. The Morgan fingerprint density at radius 1 is 1.12 bits per heavy atom. The largest absolute Gasteiger partial charge is 0.357 e. The maximum absolute atomic E-state index is 4.65. The van der Waals surface area contributed by atoms with Gasteiger partial charge in [-0.1, -0.05) is 18.9 Å². The van der Waals surface area contributed by atoms with E-state index < -0.39 is 0 Å². The number of pyridine rings is 1. The van der Waals surface area contributed by atoms with Crippen molar-refractivity contribution in [3.05, 3.63) is 23.9 Å². The van der Waals surface area contributed by atoms with E-state index >= 15 is 0 Å². The van der Waals surface area contributed by atoms with Gasteiger partial charge >= 0.3 is 0 Å². The van der Waals surface area contributed by atoms with Crippen molar-refractivity contribution in [1.82, 2.24) is 15.2 Å². The molecule has 0 radical (unpaired) electrons. The molecule has 1 N–H and O–H groups in total. The normalized spacial score (nSPS) is 25.8. The van der Waals surface area contributed by atoms with E-state index in [2.05, 4.69) is 37.2 Å². The van der Waals surface area contributed by atoms with Crippen molar-refractivity contribution < 1.29 is 0 Å². The molecular formula is C20H32IN5. The fourth-order valence-corrected chi connectivity index (χ4v) is 4.75. The summed E-state index contributed by atoms with van der Waals surface area (Å²) in [6, 6.07) is 4.36. The number of fused-ring (bicyclic) bond motifs is 1. The molecular weight excluding hydrogens is 437 g/mol. The van der Waals surface area contributed by atoms with E-state index in [1.807, 2.05) is 13.2 Å². The summed E-state index contributed by atoms with van der Waals surface area (Å²) in [6.07, 6.45) is 10.2. The van der Waals surface area contributed by atoms with Crippen LogP contribution in [-0.4, -0.2) is 49.1 Å². The van der Waals surface area contributed by atoms with E-state index in [-0.39, 0.29) is 24.0 Å². The van der Waals surface area contributed by atoms with Crippen molar-refractivity contribution in [3.63, 3.8) is 0 Å². The van der Waals surface area contributed by atoms with Crippen LogP contribution in [0.15, 0.2) is 23.3 Å². The number of halogens is 1. The highest BCUT2D eigenvalue weighted by Gasteiger charge is 2.35. The van der Waals surface area contributed by atoms with Gasteiger partial charge in [0.1, 0.15) is 5.82 Å². The molecule has 1 saturated carbocycles. The Bertz CT molecular complexity index is 583. The standard InChI is InChI=1S/C20H31N5.HI/c1-21-20(25-14-17-6-2-3-7-18(17)15-25)23-13-16-8-9-19(22-12-16)24-10-4-5-11-24;/h8-9,12,17-18H,2-7,10-11,13-15H2,1H3,(H,21,23);1H. The van der Waals surface area contributed by atoms with Crippen LogP contribution >= 0.6 is 24.0 Å². The van der Waals surface area contributed by atoms with Gasteiger partial charge in [0.2, 0.25) is 0 Å². The molecule has 6 heteroatoms.